The minimum Gasteiger partial charge on any atom is -0.452 e. The van der Waals surface area contributed by atoms with Crippen molar-refractivity contribution in [1.29, 1.82) is 0 Å². The molecule has 142 valence electrons. The van der Waals surface area contributed by atoms with Gasteiger partial charge in [-0.05, 0) is 48.9 Å². The molecule has 0 fully saturated rings. The van der Waals surface area contributed by atoms with E-state index in [0.717, 1.165) is 36.1 Å². The van der Waals surface area contributed by atoms with Crippen molar-refractivity contribution < 1.29 is 24.2 Å². The molecule has 1 aliphatic carbocycles. The number of benzene rings is 1. The number of esters is 1. The number of amides is 2. The van der Waals surface area contributed by atoms with Crippen LogP contribution in [0, 0.1) is 0 Å². The molecule has 0 saturated heterocycles. The number of primary amides is 1. The van der Waals surface area contributed by atoms with Crippen molar-refractivity contribution in [1.82, 2.24) is 0 Å². The maximum Gasteiger partial charge on any atom is 0.338 e. The Bertz CT molecular complexity index is 873. The zero-order valence-electron chi connectivity index (χ0n) is 14.6. The summed E-state index contributed by atoms with van der Waals surface area (Å²) in [4.78, 5) is 37.1. The number of thiophene rings is 1. The summed E-state index contributed by atoms with van der Waals surface area (Å²) in [6.07, 6.45) is 3.68. The Hall–Kier alpha value is -2.71. The van der Waals surface area contributed by atoms with Gasteiger partial charge in [0.2, 0.25) is 0 Å². The summed E-state index contributed by atoms with van der Waals surface area (Å²) < 4.78 is 5.01. The van der Waals surface area contributed by atoms with Crippen molar-refractivity contribution in [3.63, 3.8) is 0 Å². The van der Waals surface area contributed by atoms with E-state index >= 15 is 0 Å². The number of anilines is 1. The van der Waals surface area contributed by atoms with Gasteiger partial charge in [-0.1, -0.05) is 12.1 Å². The fourth-order valence-corrected chi connectivity index (χ4v) is 4.35. The van der Waals surface area contributed by atoms with Crippen LogP contribution < -0.4 is 11.1 Å². The van der Waals surface area contributed by atoms with E-state index in [1.54, 1.807) is 12.1 Å². The van der Waals surface area contributed by atoms with Gasteiger partial charge in [-0.2, -0.15) is 0 Å². The number of hydrogen-bond acceptors (Lipinski definition) is 6. The average Bonchev–Trinajstić information content (AvgIpc) is 3.04. The number of carbonyl (C=O) groups is 3. The molecule has 0 saturated carbocycles. The molecule has 7 nitrogen and oxygen atoms in total. The van der Waals surface area contributed by atoms with E-state index < -0.39 is 24.4 Å². The van der Waals surface area contributed by atoms with E-state index in [4.69, 9.17) is 15.6 Å². The number of nitrogens with two attached hydrogens (primary N) is 1. The second-order valence-electron chi connectivity index (χ2n) is 6.26. The monoisotopic (exact) mass is 388 g/mol. The molecule has 27 heavy (non-hydrogen) atoms. The largest absolute Gasteiger partial charge is 0.452 e. The molecule has 2 aromatic rings. The standard InChI is InChI=1S/C19H20N2O5S/c20-17(24)16-13-3-1-2-4-14(13)27-18(16)21-15(23)10-26-19(25)12-7-5-11(9-22)6-8-12/h5-8,22H,1-4,9-10H2,(H2,20,24)(H,21,23). The van der Waals surface area contributed by atoms with Gasteiger partial charge in [-0.3, -0.25) is 9.59 Å². The number of ether oxygens (including phenoxy) is 1. The lowest BCUT2D eigenvalue weighted by Crippen LogP contribution is -2.23. The molecule has 0 atom stereocenters. The van der Waals surface area contributed by atoms with Gasteiger partial charge in [0.05, 0.1) is 17.7 Å². The molecule has 3 rings (SSSR count). The molecule has 8 heteroatoms. The van der Waals surface area contributed by atoms with E-state index in [9.17, 15) is 14.4 Å². The number of nitrogens with one attached hydrogen (secondary N) is 1. The Labute approximate surface area is 160 Å². The van der Waals surface area contributed by atoms with Gasteiger partial charge in [-0.15, -0.1) is 11.3 Å². The highest BCUT2D eigenvalue weighted by molar-refractivity contribution is 7.17. The Morgan fingerprint density at radius 3 is 2.52 bits per heavy atom. The van der Waals surface area contributed by atoms with Crippen LogP contribution in [-0.2, 0) is 29.0 Å². The summed E-state index contributed by atoms with van der Waals surface area (Å²) in [5.74, 6) is -1.74. The normalized spacial score (nSPS) is 12.9. The summed E-state index contributed by atoms with van der Waals surface area (Å²) in [7, 11) is 0. The van der Waals surface area contributed by atoms with Crippen LogP contribution in [0.25, 0.3) is 0 Å². The van der Waals surface area contributed by atoms with Crippen LogP contribution in [-0.4, -0.2) is 29.5 Å². The minimum atomic E-state index is -0.643. The number of aryl methyl sites for hydroxylation is 1. The zero-order valence-corrected chi connectivity index (χ0v) is 15.4. The molecule has 0 unspecified atom stereocenters. The molecule has 0 aliphatic heterocycles. The van der Waals surface area contributed by atoms with Crippen LogP contribution in [0.15, 0.2) is 24.3 Å². The molecule has 0 spiro atoms. The van der Waals surface area contributed by atoms with Crippen molar-refractivity contribution in [3.05, 3.63) is 51.4 Å². The van der Waals surface area contributed by atoms with Gasteiger partial charge >= 0.3 is 5.97 Å². The van der Waals surface area contributed by atoms with E-state index in [0.29, 0.717) is 16.1 Å². The molecule has 1 aliphatic rings. The fraction of sp³-hybridized carbons (Fsp3) is 0.316. The van der Waals surface area contributed by atoms with Crippen molar-refractivity contribution in [2.45, 2.75) is 32.3 Å². The number of aliphatic hydroxyl groups is 1. The van der Waals surface area contributed by atoms with Crippen molar-refractivity contribution in [3.8, 4) is 0 Å². The summed E-state index contributed by atoms with van der Waals surface area (Å²) in [6.45, 7) is -0.591. The number of carbonyl (C=O) groups excluding carboxylic acids is 3. The predicted octanol–water partition coefficient (Wildman–Crippen LogP) is 2.01. The lowest BCUT2D eigenvalue weighted by Gasteiger charge is -2.11. The first-order valence-electron chi connectivity index (χ1n) is 8.60. The second-order valence-corrected chi connectivity index (χ2v) is 7.36. The van der Waals surface area contributed by atoms with Crippen molar-refractivity contribution >= 4 is 34.1 Å². The summed E-state index contributed by atoms with van der Waals surface area (Å²) in [6, 6.07) is 6.24. The van der Waals surface area contributed by atoms with Gasteiger partial charge in [0.15, 0.2) is 6.61 Å². The first-order valence-corrected chi connectivity index (χ1v) is 9.42. The number of fused-ring (bicyclic) bond motifs is 1. The van der Waals surface area contributed by atoms with E-state index in [1.807, 2.05) is 0 Å². The smallest absolute Gasteiger partial charge is 0.338 e. The van der Waals surface area contributed by atoms with E-state index in [2.05, 4.69) is 5.32 Å². The van der Waals surface area contributed by atoms with Crippen LogP contribution in [0.1, 0.15) is 49.6 Å². The predicted molar refractivity (Wildman–Crippen MR) is 101 cm³/mol. The maximum atomic E-state index is 12.2. The lowest BCUT2D eigenvalue weighted by molar-refractivity contribution is -0.119. The minimum absolute atomic E-state index is 0.120. The van der Waals surface area contributed by atoms with Gasteiger partial charge in [0.1, 0.15) is 5.00 Å². The SMILES string of the molecule is NC(=O)c1c(NC(=O)COC(=O)c2ccc(CO)cc2)sc2c1CCCC2. The van der Waals surface area contributed by atoms with Gasteiger partial charge in [-0.25, -0.2) is 4.79 Å². The van der Waals surface area contributed by atoms with E-state index in [1.165, 1.54) is 23.5 Å². The first-order chi connectivity index (χ1) is 13.0. The maximum absolute atomic E-state index is 12.2. The highest BCUT2D eigenvalue weighted by Crippen LogP contribution is 2.37. The topological polar surface area (TPSA) is 119 Å². The third kappa shape index (κ3) is 4.35. The Morgan fingerprint density at radius 1 is 1.15 bits per heavy atom. The number of rotatable bonds is 6. The van der Waals surface area contributed by atoms with Crippen LogP contribution in [0.5, 0.6) is 0 Å². The zero-order chi connectivity index (χ0) is 19.4. The molecular weight excluding hydrogens is 368 g/mol. The Morgan fingerprint density at radius 2 is 1.85 bits per heavy atom. The molecule has 1 aromatic carbocycles. The molecule has 1 heterocycles. The van der Waals surface area contributed by atoms with Crippen LogP contribution in [0.2, 0.25) is 0 Å². The van der Waals surface area contributed by atoms with Crippen molar-refractivity contribution in [2.75, 3.05) is 11.9 Å². The molecule has 2 amide bonds. The van der Waals surface area contributed by atoms with E-state index in [-0.39, 0.29) is 12.2 Å². The third-order valence-electron chi connectivity index (χ3n) is 4.38. The number of aliphatic hydroxyl groups excluding tert-OH is 1. The average molecular weight is 388 g/mol. The Kier molecular flexibility index (Phi) is 5.88. The molecule has 1 aromatic heterocycles. The number of hydrogen-bond donors (Lipinski definition) is 3. The van der Waals surface area contributed by atoms with Crippen molar-refractivity contribution in [2.24, 2.45) is 5.73 Å². The third-order valence-corrected chi connectivity index (χ3v) is 5.58. The fourth-order valence-electron chi connectivity index (χ4n) is 3.04. The van der Waals surface area contributed by atoms with Gasteiger partial charge < -0.3 is 20.9 Å². The first kappa shape index (κ1) is 19.1. The second kappa shape index (κ2) is 8.32. The quantitative estimate of drug-likeness (QED) is 0.654. The molecular formula is C19H20N2O5S. The lowest BCUT2D eigenvalue weighted by atomic mass is 9.95. The molecule has 4 N–H and O–H groups in total. The summed E-state index contributed by atoms with van der Waals surface area (Å²) in [5.41, 5.74) is 7.74. The summed E-state index contributed by atoms with van der Waals surface area (Å²) in [5, 5.41) is 12.1. The highest BCUT2D eigenvalue weighted by atomic mass is 32.1. The highest BCUT2D eigenvalue weighted by Gasteiger charge is 2.25. The Balaban J connectivity index is 1.63. The van der Waals surface area contributed by atoms with Gasteiger partial charge in [0.25, 0.3) is 11.8 Å². The molecule has 0 radical (unpaired) electrons. The molecule has 0 bridgehead atoms. The van der Waals surface area contributed by atoms with Crippen LogP contribution >= 0.6 is 11.3 Å². The van der Waals surface area contributed by atoms with Gasteiger partial charge in [0, 0.05) is 4.88 Å². The van der Waals surface area contributed by atoms with Crippen LogP contribution in [0.3, 0.4) is 0 Å². The summed E-state index contributed by atoms with van der Waals surface area (Å²) >= 11 is 1.36. The van der Waals surface area contributed by atoms with Crippen LogP contribution in [0.4, 0.5) is 5.00 Å².